The van der Waals surface area contributed by atoms with Gasteiger partial charge in [-0.2, -0.15) is 4.98 Å². The Morgan fingerprint density at radius 3 is 2.70 bits per heavy atom. The highest BCUT2D eigenvalue weighted by atomic mass is 15.2. The summed E-state index contributed by atoms with van der Waals surface area (Å²) < 4.78 is 0. The number of nitrogens with zero attached hydrogens (tertiary/aromatic N) is 4. The number of nitrogens with one attached hydrogen (secondary N) is 1. The van der Waals surface area contributed by atoms with Crippen LogP contribution in [0.3, 0.4) is 0 Å². The Hall–Kier alpha value is -1.62. The SMILES string of the molecule is CC(C)=CCCC(C)CCN1CCCC(Nc2nccc(N3CCCCCC3)n2)C1. The normalized spacial score (nSPS) is 21.7. The first-order valence-corrected chi connectivity index (χ1v) is 12.3. The van der Waals surface area contributed by atoms with Crippen molar-refractivity contribution in [3.05, 3.63) is 23.9 Å². The maximum atomic E-state index is 4.86. The summed E-state index contributed by atoms with van der Waals surface area (Å²) in [7, 11) is 0. The van der Waals surface area contributed by atoms with E-state index in [-0.39, 0.29) is 0 Å². The summed E-state index contributed by atoms with van der Waals surface area (Å²) in [6, 6.07) is 2.53. The molecule has 3 rings (SSSR count). The lowest BCUT2D eigenvalue weighted by atomic mass is 9.99. The standard InChI is InChI=1S/C25H43N5/c1-21(2)10-8-11-22(3)14-19-29-16-9-12-23(20-29)27-25-26-15-13-24(28-25)30-17-6-4-5-7-18-30/h10,13,15,22-23H,4-9,11-12,14,16-20H2,1-3H3,(H,26,27,28). The maximum absolute atomic E-state index is 4.86. The van der Waals surface area contributed by atoms with Gasteiger partial charge in [-0.25, -0.2) is 4.98 Å². The fourth-order valence-corrected chi connectivity index (χ4v) is 4.66. The van der Waals surface area contributed by atoms with E-state index in [0.29, 0.717) is 6.04 Å². The Bertz CT molecular complexity index is 647. The molecular weight excluding hydrogens is 370 g/mol. The molecule has 2 unspecified atom stereocenters. The van der Waals surface area contributed by atoms with Gasteiger partial charge in [0.1, 0.15) is 5.82 Å². The van der Waals surface area contributed by atoms with Crippen LogP contribution in [0.1, 0.15) is 78.6 Å². The summed E-state index contributed by atoms with van der Waals surface area (Å²) in [4.78, 5) is 14.5. The molecule has 2 saturated heterocycles. The van der Waals surface area contributed by atoms with E-state index in [1.54, 1.807) is 0 Å². The van der Waals surface area contributed by atoms with Crippen LogP contribution >= 0.6 is 0 Å². The Labute approximate surface area is 184 Å². The van der Waals surface area contributed by atoms with Gasteiger partial charge in [-0.05, 0) is 83.9 Å². The fraction of sp³-hybridized carbons (Fsp3) is 0.760. The van der Waals surface area contributed by atoms with Crippen LogP contribution < -0.4 is 10.2 Å². The van der Waals surface area contributed by atoms with E-state index < -0.39 is 0 Å². The smallest absolute Gasteiger partial charge is 0.224 e. The van der Waals surface area contributed by atoms with Crippen molar-refractivity contribution in [3.8, 4) is 0 Å². The average molecular weight is 414 g/mol. The van der Waals surface area contributed by atoms with Crippen molar-refractivity contribution in [2.75, 3.05) is 42.9 Å². The van der Waals surface area contributed by atoms with Crippen molar-refractivity contribution in [1.29, 1.82) is 0 Å². The summed E-state index contributed by atoms with van der Waals surface area (Å²) in [5.41, 5.74) is 1.44. The number of anilines is 2. The number of likely N-dealkylation sites (tertiary alicyclic amines) is 1. The molecule has 0 saturated carbocycles. The van der Waals surface area contributed by atoms with Crippen molar-refractivity contribution >= 4 is 11.8 Å². The zero-order valence-corrected chi connectivity index (χ0v) is 19.6. The minimum absolute atomic E-state index is 0.458. The summed E-state index contributed by atoms with van der Waals surface area (Å²) in [6.45, 7) is 12.6. The fourth-order valence-electron chi connectivity index (χ4n) is 4.66. The van der Waals surface area contributed by atoms with Gasteiger partial charge in [0.2, 0.25) is 5.95 Å². The third-order valence-corrected chi connectivity index (χ3v) is 6.56. The Balaban J connectivity index is 1.45. The molecule has 0 bridgehead atoms. The Morgan fingerprint density at radius 1 is 1.13 bits per heavy atom. The second-order valence-electron chi connectivity index (χ2n) is 9.68. The first-order chi connectivity index (χ1) is 14.6. The molecule has 1 aromatic heterocycles. The van der Waals surface area contributed by atoms with Crippen molar-refractivity contribution in [2.45, 2.75) is 84.6 Å². The predicted octanol–water partition coefficient (Wildman–Crippen LogP) is 5.51. The highest BCUT2D eigenvalue weighted by Gasteiger charge is 2.21. The topological polar surface area (TPSA) is 44.3 Å². The second-order valence-corrected chi connectivity index (χ2v) is 9.68. The van der Waals surface area contributed by atoms with Crippen molar-refractivity contribution in [1.82, 2.24) is 14.9 Å². The van der Waals surface area contributed by atoms with E-state index in [1.807, 2.05) is 6.20 Å². The van der Waals surface area contributed by atoms with E-state index in [2.05, 4.69) is 53.0 Å². The van der Waals surface area contributed by atoms with E-state index in [9.17, 15) is 0 Å². The molecule has 2 aliphatic heterocycles. The minimum atomic E-state index is 0.458. The number of hydrogen-bond acceptors (Lipinski definition) is 5. The first kappa shape index (κ1) is 23.1. The molecule has 0 amide bonds. The molecule has 30 heavy (non-hydrogen) atoms. The van der Waals surface area contributed by atoms with Gasteiger partial charge in [-0.15, -0.1) is 0 Å². The molecule has 2 atom stereocenters. The highest BCUT2D eigenvalue weighted by Crippen LogP contribution is 2.20. The van der Waals surface area contributed by atoms with Gasteiger partial charge in [0.15, 0.2) is 0 Å². The molecule has 5 nitrogen and oxygen atoms in total. The lowest BCUT2D eigenvalue weighted by molar-refractivity contribution is 0.202. The molecule has 5 heteroatoms. The van der Waals surface area contributed by atoms with E-state index >= 15 is 0 Å². The van der Waals surface area contributed by atoms with Crippen LogP contribution in [0.25, 0.3) is 0 Å². The molecule has 2 aliphatic rings. The number of rotatable bonds is 9. The Morgan fingerprint density at radius 2 is 1.93 bits per heavy atom. The first-order valence-electron chi connectivity index (χ1n) is 12.3. The molecule has 0 aromatic carbocycles. The number of allylic oxidation sites excluding steroid dienone is 2. The van der Waals surface area contributed by atoms with Crippen LogP contribution in [0, 0.1) is 5.92 Å². The highest BCUT2D eigenvalue weighted by molar-refractivity contribution is 5.43. The van der Waals surface area contributed by atoms with Crippen LogP contribution in [0.2, 0.25) is 0 Å². The zero-order valence-electron chi connectivity index (χ0n) is 19.6. The predicted molar refractivity (Wildman–Crippen MR) is 128 cm³/mol. The molecule has 0 spiro atoms. The van der Waals surface area contributed by atoms with E-state index in [4.69, 9.17) is 4.98 Å². The van der Waals surface area contributed by atoms with Gasteiger partial charge >= 0.3 is 0 Å². The van der Waals surface area contributed by atoms with Crippen molar-refractivity contribution < 1.29 is 0 Å². The van der Waals surface area contributed by atoms with Gasteiger partial charge in [-0.1, -0.05) is 31.4 Å². The molecule has 2 fully saturated rings. The van der Waals surface area contributed by atoms with Crippen molar-refractivity contribution in [2.24, 2.45) is 5.92 Å². The molecule has 1 N–H and O–H groups in total. The molecule has 168 valence electrons. The van der Waals surface area contributed by atoms with Gasteiger partial charge in [0, 0.05) is 31.9 Å². The van der Waals surface area contributed by atoms with E-state index in [0.717, 1.165) is 37.3 Å². The average Bonchev–Trinajstić information content (AvgIpc) is 3.02. The summed E-state index contributed by atoms with van der Waals surface area (Å²) in [5, 5.41) is 3.64. The van der Waals surface area contributed by atoms with Crippen molar-refractivity contribution in [3.63, 3.8) is 0 Å². The third kappa shape index (κ3) is 7.90. The number of piperidine rings is 1. The van der Waals surface area contributed by atoms with Crippen LogP contribution in [-0.2, 0) is 0 Å². The lowest BCUT2D eigenvalue weighted by Gasteiger charge is -2.33. The van der Waals surface area contributed by atoms with Crippen LogP contribution in [0.4, 0.5) is 11.8 Å². The quantitative estimate of drug-likeness (QED) is 0.541. The summed E-state index contributed by atoms with van der Waals surface area (Å²) >= 11 is 0. The third-order valence-electron chi connectivity index (χ3n) is 6.56. The zero-order chi connectivity index (χ0) is 21.2. The number of aromatic nitrogens is 2. The molecule has 0 aliphatic carbocycles. The van der Waals surface area contributed by atoms with Crippen LogP contribution in [-0.4, -0.2) is 53.6 Å². The monoisotopic (exact) mass is 413 g/mol. The van der Waals surface area contributed by atoms with Crippen LogP contribution in [0.15, 0.2) is 23.9 Å². The minimum Gasteiger partial charge on any atom is -0.356 e. The lowest BCUT2D eigenvalue weighted by Crippen LogP contribution is -2.43. The van der Waals surface area contributed by atoms with Gasteiger partial charge in [-0.3, -0.25) is 0 Å². The molecular formula is C25H43N5. The molecule has 1 aromatic rings. The number of hydrogen-bond donors (Lipinski definition) is 1. The Kier molecular flexibility index (Phi) is 9.44. The summed E-state index contributed by atoms with van der Waals surface area (Å²) in [6.07, 6.45) is 15.8. The second kappa shape index (κ2) is 12.3. The van der Waals surface area contributed by atoms with Gasteiger partial charge < -0.3 is 15.1 Å². The molecule has 3 heterocycles. The van der Waals surface area contributed by atoms with E-state index in [1.165, 1.54) is 76.5 Å². The molecule has 0 radical (unpaired) electrons. The maximum Gasteiger partial charge on any atom is 0.224 e. The summed E-state index contributed by atoms with van der Waals surface area (Å²) in [5.74, 6) is 2.69. The van der Waals surface area contributed by atoms with Gasteiger partial charge in [0.05, 0.1) is 0 Å². The van der Waals surface area contributed by atoms with Crippen LogP contribution in [0.5, 0.6) is 0 Å². The van der Waals surface area contributed by atoms with Gasteiger partial charge in [0.25, 0.3) is 0 Å². The largest absolute Gasteiger partial charge is 0.356 e.